The molecule has 0 aromatic heterocycles. The molecule has 1 aromatic rings. The lowest BCUT2D eigenvalue weighted by Crippen LogP contribution is -2.22. The molecule has 5 nitrogen and oxygen atoms in total. The fraction of sp³-hybridized carbons (Fsp3) is 0.100. The molecule has 1 rings (SSSR count). The molecule has 15 heavy (non-hydrogen) atoms. The van der Waals surface area contributed by atoms with Crippen LogP contribution in [0.4, 0.5) is 0 Å². The third kappa shape index (κ3) is 2.81. The van der Waals surface area contributed by atoms with Crippen molar-refractivity contribution in [3.63, 3.8) is 0 Å². The van der Waals surface area contributed by atoms with Crippen LogP contribution in [0.3, 0.4) is 0 Å². The average molecular weight is 203 g/mol. The molecule has 76 valence electrons. The highest BCUT2D eigenvalue weighted by Gasteiger charge is 2.06. The molecule has 0 aliphatic rings. The molecule has 0 spiro atoms. The molecule has 5 heteroatoms. The highest BCUT2D eigenvalue weighted by molar-refractivity contribution is 6.44. The Morgan fingerprint density at radius 2 is 2.20 bits per heavy atom. The fourth-order valence-corrected chi connectivity index (χ4v) is 0.874. The van der Waals surface area contributed by atoms with E-state index in [2.05, 4.69) is 5.16 Å². The second-order valence-electron chi connectivity index (χ2n) is 2.77. The second kappa shape index (κ2) is 4.77. The number of nitriles is 1. The minimum absolute atomic E-state index is 0.460. The van der Waals surface area contributed by atoms with Crippen LogP contribution in [0.1, 0.15) is 5.56 Å². The van der Waals surface area contributed by atoms with Crippen molar-refractivity contribution in [2.45, 2.75) is 6.92 Å². The van der Waals surface area contributed by atoms with E-state index in [0.717, 1.165) is 5.56 Å². The fourth-order valence-electron chi connectivity index (χ4n) is 0.874. The first-order valence-electron chi connectivity index (χ1n) is 4.15. The van der Waals surface area contributed by atoms with E-state index in [1.54, 1.807) is 18.2 Å². The first-order chi connectivity index (χ1) is 7.15. The van der Waals surface area contributed by atoms with E-state index in [1.165, 1.54) is 0 Å². The van der Waals surface area contributed by atoms with Crippen LogP contribution in [0.5, 0.6) is 5.75 Å². The van der Waals surface area contributed by atoms with E-state index in [1.807, 2.05) is 19.1 Å². The van der Waals surface area contributed by atoms with Gasteiger partial charge in [0.2, 0.25) is 5.71 Å². The predicted octanol–water partition coefficient (Wildman–Crippen LogP) is 0.739. The van der Waals surface area contributed by atoms with Crippen LogP contribution >= 0.6 is 0 Å². The molecule has 0 unspecified atom stereocenters. The summed E-state index contributed by atoms with van der Waals surface area (Å²) >= 11 is 0. The van der Waals surface area contributed by atoms with E-state index in [4.69, 9.17) is 15.8 Å². The topological polar surface area (TPSA) is 88.5 Å². The Kier molecular flexibility index (Phi) is 3.41. The van der Waals surface area contributed by atoms with Gasteiger partial charge >= 0.3 is 0 Å². The van der Waals surface area contributed by atoms with Gasteiger partial charge in [-0.05, 0) is 18.6 Å². The highest BCUT2D eigenvalue weighted by Crippen LogP contribution is 2.16. The van der Waals surface area contributed by atoms with Crippen molar-refractivity contribution in [1.29, 1.82) is 5.26 Å². The quantitative estimate of drug-likeness (QED) is 0.580. The van der Waals surface area contributed by atoms with Crippen molar-refractivity contribution in [1.82, 2.24) is 0 Å². The van der Waals surface area contributed by atoms with Gasteiger partial charge in [0, 0.05) is 0 Å². The number of benzene rings is 1. The number of aryl methyl sites for hydroxylation is 1. The zero-order valence-corrected chi connectivity index (χ0v) is 8.10. The number of rotatable bonds is 3. The minimum Gasteiger partial charge on any atom is -0.364 e. The smallest absolute Gasteiger partial charge is 0.281 e. The normalized spacial score (nSPS) is 10.5. The SMILES string of the molecule is Cc1ccccc1O/N=C(\C#N)C(N)=O. The lowest BCUT2D eigenvalue weighted by atomic mass is 10.2. The maximum absolute atomic E-state index is 10.6. The van der Waals surface area contributed by atoms with E-state index in [-0.39, 0.29) is 0 Å². The van der Waals surface area contributed by atoms with Gasteiger partial charge in [0.1, 0.15) is 6.07 Å². The Labute approximate surface area is 86.7 Å². The summed E-state index contributed by atoms with van der Waals surface area (Å²) in [5.41, 5.74) is 5.27. The van der Waals surface area contributed by atoms with Crippen LogP contribution in [-0.4, -0.2) is 11.6 Å². The number of nitrogens with zero attached hydrogens (tertiary/aromatic N) is 2. The van der Waals surface area contributed by atoms with Crippen molar-refractivity contribution in [2.75, 3.05) is 0 Å². The number of carbonyl (C=O) groups excluding carboxylic acids is 1. The van der Waals surface area contributed by atoms with Gasteiger partial charge in [-0.1, -0.05) is 23.4 Å². The lowest BCUT2D eigenvalue weighted by molar-refractivity contribution is -0.112. The number of nitrogens with two attached hydrogens (primary N) is 1. The van der Waals surface area contributed by atoms with Crippen molar-refractivity contribution in [3.05, 3.63) is 29.8 Å². The molecule has 0 saturated heterocycles. The monoisotopic (exact) mass is 203 g/mol. The third-order valence-electron chi connectivity index (χ3n) is 1.67. The molecule has 0 aliphatic carbocycles. The van der Waals surface area contributed by atoms with E-state index >= 15 is 0 Å². The zero-order chi connectivity index (χ0) is 11.3. The number of amides is 1. The summed E-state index contributed by atoms with van der Waals surface area (Å²) in [6, 6.07) is 8.63. The maximum Gasteiger partial charge on any atom is 0.281 e. The molecule has 2 N–H and O–H groups in total. The maximum atomic E-state index is 10.6. The summed E-state index contributed by atoms with van der Waals surface area (Å²) in [7, 11) is 0. The molecule has 1 amide bonds. The highest BCUT2D eigenvalue weighted by atomic mass is 16.6. The van der Waals surface area contributed by atoms with E-state index in [9.17, 15) is 4.79 Å². The van der Waals surface area contributed by atoms with Gasteiger partial charge in [0.05, 0.1) is 0 Å². The van der Waals surface area contributed by atoms with Crippen molar-refractivity contribution in [3.8, 4) is 11.8 Å². The molecular weight excluding hydrogens is 194 g/mol. The van der Waals surface area contributed by atoms with Crippen LogP contribution in [-0.2, 0) is 4.79 Å². The number of oxime groups is 1. The standard InChI is InChI=1S/C10H9N3O2/c1-7-4-2-3-5-9(7)15-13-8(6-11)10(12)14/h2-5H,1H3,(H2,12,14)/b13-8+. The molecule has 0 fully saturated rings. The van der Waals surface area contributed by atoms with Crippen LogP contribution in [0.25, 0.3) is 0 Å². The van der Waals surface area contributed by atoms with Crippen molar-refractivity contribution in [2.24, 2.45) is 10.9 Å². The number of carbonyl (C=O) groups is 1. The van der Waals surface area contributed by atoms with Gasteiger partial charge in [0.25, 0.3) is 5.91 Å². The van der Waals surface area contributed by atoms with Crippen molar-refractivity contribution < 1.29 is 9.63 Å². The van der Waals surface area contributed by atoms with Crippen LogP contribution in [0.15, 0.2) is 29.4 Å². The van der Waals surface area contributed by atoms with Crippen LogP contribution in [0, 0.1) is 18.3 Å². The summed E-state index contributed by atoms with van der Waals surface area (Å²) in [5.74, 6) is -0.433. The molecule has 0 bridgehead atoms. The predicted molar refractivity (Wildman–Crippen MR) is 54.0 cm³/mol. The summed E-state index contributed by atoms with van der Waals surface area (Å²) < 4.78 is 0. The third-order valence-corrected chi connectivity index (χ3v) is 1.67. The van der Waals surface area contributed by atoms with E-state index in [0.29, 0.717) is 5.75 Å². The number of primary amides is 1. The van der Waals surface area contributed by atoms with Gasteiger partial charge in [-0.2, -0.15) is 5.26 Å². The Hall–Kier alpha value is -2.35. The summed E-state index contributed by atoms with van der Waals surface area (Å²) in [6.07, 6.45) is 0. The van der Waals surface area contributed by atoms with Crippen molar-refractivity contribution >= 4 is 11.6 Å². The average Bonchev–Trinajstić information content (AvgIpc) is 2.21. The van der Waals surface area contributed by atoms with Gasteiger partial charge < -0.3 is 10.6 Å². The lowest BCUT2D eigenvalue weighted by Gasteiger charge is -2.01. The second-order valence-corrected chi connectivity index (χ2v) is 2.77. The van der Waals surface area contributed by atoms with Crippen LogP contribution < -0.4 is 10.6 Å². The van der Waals surface area contributed by atoms with Gasteiger partial charge in [0.15, 0.2) is 5.75 Å². The Balaban J connectivity index is 2.85. The molecule has 0 radical (unpaired) electrons. The Morgan fingerprint density at radius 1 is 1.53 bits per heavy atom. The van der Waals surface area contributed by atoms with Crippen LogP contribution in [0.2, 0.25) is 0 Å². The number of hydrogen-bond acceptors (Lipinski definition) is 4. The number of hydrogen-bond donors (Lipinski definition) is 1. The molecule has 0 heterocycles. The Morgan fingerprint density at radius 3 is 2.73 bits per heavy atom. The minimum atomic E-state index is -0.911. The summed E-state index contributed by atoms with van der Waals surface area (Å²) in [4.78, 5) is 15.5. The first kappa shape index (κ1) is 10.7. The summed E-state index contributed by atoms with van der Waals surface area (Å²) in [5, 5.41) is 11.8. The van der Waals surface area contributed by atoms with Gasteiger partial charge in [-0.3, -0.25) is 4.79 Å². The Bertz CT molecular complexity index is 446. The molecular formula is C10H9N3O2. The van der Waals surface area contributed by atoms with Gasteiger partial charge in [-0.25, -0.2) is 0 Å². The van der Waals surface area contributed by atoms with Gasteiger partial charge in [-0.15, -0.1) is 0 Å². The molecule has 0 saturated carbocycles. The zero-order valence-electron chi connectivity index (χ0n) is 8.10. The van der Waals surface area contributed by atoms with E-state index < -0.39 is 11.6 Å². The first-order valence-corrected chi connectivity index (χ1v) is 4.15. The summed E-state index contributed by atoms with van der Waals surface area (Å²) in [6.45, 7) is 1.82. The molecule has 0 aliphatic heterocycles. The molecule has 1 aromatic carbocycles. The number of para-hydroxylation sites is 1. The largest absolute Gasteiger partial charge is 0.364 e. The molecule has 0 atom stereocenters.